The molecule has 0 unspecified atom stereocenters. The molecule has 0 bridgehead atoms. The van der Waals surface area contributed by atoms with E-state index in [9.17, 15) is 32.3 Å². The molecule has 57 heavy (non-hydrogen) atoms. The summed E-state index contributed by atoms with van der Waals surface area (Å²) in [6, 6.07) is 6.78. The SMILES string of the molecule is CC(C)Oc1cc2ccccc2c(O[C@@H]2C[C@H]3C(=O)N[C@]4(C(=O)NS(=O)(=O)C5(CF)CC5)C[C@H]4/C=C\CC[C@@H](C)C[C@@H](C)[C@H](N(C(=O)O)C(C)(C)C)C(=O)N3C2)n1. The number of allylic oxidation sites excluding steroid dienone is 1. The maximum absolute atomic E-state index is 15.1. The summed E-state index contributed by atoms with van der Waals surface area (Å²) in [4.78, 5) is 63.9. The first-order valence-corrected chi connectivity index (χ1v) is 21.4. The van der Waals surface area contributed by atoms with Gasteiger partial charge in [0.05, 0.1) is 12.6 Å². The van der Waals surface area contributed by atoms with Crippen molar-refractivity contribution in [2.45, 2.75) is 134 Å². The largest absolute Gasteiger partial charge is 0.475 e. The molecule has 312 valence electrons. The molecule has 7 atom stereocenters. The lowest BCUT2D eigenvalue weighted by Crippen LogP contribution is -2.62. The van der Waals surface area contributed by atoms with Crippen molar-refractivity contribution < 1.29 is 46.6 Å². The van der Waals surface area contributed by atoms with Crippen LogP contribution in [0.15, 0.2) is 42.5 Å². The fourth-order valence-electron chi connectivity index (χ4n) is 8.41. The number of fused-ring (bicyclic) bond motifs is 3. The first-order chi connectivity index (χ1) is 26.7. The Balaban J connectivity index is 1.40. The molecule has 2 aromatic rings. The Morgan fingerprint density at radius 3 is 2.49 bits per heavy atom. The third kappa shape index (κ3) is 8.56. The number of hydrogen-bond donors (Lipinski definition) is 3. The predicted octanol–water partition coefficient (Wildman–Crippen LogP) is 5.35. The van der Waals surface area contributed by atoms with E-state index in [0.29, 0.717) is 30.5 Å². The lowest BCUT2D eigenvalue weighted by Gasteiger charge is -2.43. The fourth-order valence-corrected chi connectivity index (χ4v) is 9.84. The van der Waals surface area contributed by atoms with Crippen molar-refractivity contribution in [3.8, 4) is 11.8 Å². The molecule has 14 nitrogen and oxygen atoms in total. The van der Waals surface area contributed by atoms with E-state index >= 15 is 4.79 Å². The Kier molecular flexibility index (Phi) is 11.6. The number of amides is 4. The van der Waals surface area contributed by atoms with Gasteiger partial charge in [0.2, 0.25) is 33.6 Å². The maximum atomic E-state index is 15.1. The average Bonchev–Trinajstić information content (AvgIpc) is 4.02. The molecular weight excluding hydrogens is 758 g/mol. The van der Waals surface area contributed by atoms with E-state index in [1.54, 1.807) is 32.9 Å². The van der Waals surface area contributed by atoms with Gasteiger partial charge < -0.3 is 24.8 Å². The molecule has 2 aliphatic heterocycles. The zero-order chi connectivity index (χ0) is 41.7. The molecule has 2 aliphatic carbocycles. The van der Waals surface area contributed by atoms with E-state index in [4.69, 9.17) is 9.47 Å². The van der Waals surface area contributed by atoms with Crippen LogP contribution >= 0.6 is 0 Å². The van der Waals surface area contributed by atoms with Crippen molar-refractivity contribution in [1.82, 2.24) is 24.8 Å². The highest BCUT2D eigenvalue weighted by Crippen LogP contribution is 2.48. The molecule has 0 radical (unpaired) electrons. The normalized spacial score (nSPS) is 29.6. The van der Waals surface area contributed by atoms with Gasteiger partial charge in [-0.05, 0) is 96.4 Å². The minimum absolute atomic E-state index is 0.0512. The number of halogens is 1. The molecule has 4 amide bonds. The number of carboxylic acid groups (broad SMARTS) is 1. The second-order valence-corrected chi connectivity index (χ2v) is 19.8. The van der Waals surface area contributed by atoms with Gasteiger partial charge in [-0.2, -0.15) is 4.98 Å². The van der Waals surface area contributed by atoms with Crippen LogP contribution in [0.5, 0.6) is 11.8 Å². The maximum Gasteiger partial charge on any atom is 0.408 e. The Morgan fingerprint density at radius 1 is 1.16 bits per heavy atom. The van der Waals surface area contributed by atoms with E-state index in [-0.39, 0.29) is 50.1 Å². The summed E-state index contributed by atoms with van der Waals surface area (Å²) in [5.41, 5.74) is -2.69. The van der Waals surface area contributed by atoms with Crippen molar-refractivity contribution >= 4 is 44.6 Å². The predicted molar refractivity (Wildman–Crippen MR) is 211 cm³/mol. The Bertz CT molecular complexity index is 2030. The Labute approximate surface area is 334 Å². The van der Waals surface area contributed by atoms with Crippen LogP contribution < -0.4 is 19.5 Å². The second kappa shape index (κ2) is 15.7. The van der Waals surface area contributed by atoms with Crippen molar-refractivity contribution in [1.29, 1.82) is 0 Å². The summed E-state index contributed by atoms with van der Waals surface area (Å²) in [5.74, 6) is -2.71. The number of hydrogen-bond acceptors (Lipinski definition) is 9. The summed E-state index contributed by atoms with van der Waals surface area (Å²) in [5, 5.41) is 14.9. The van der Waals surface area contributed by atoms with Crippen LogP contribution in [-0.2, 0) is 24.4 Å². The van der Waals surface area contributed by atoms with Gasteiger partial charge in [0.25, 0.3) is 5.91 Å². The van der Waals surface area contributed by atoms with E-state index in [1.807, 2.05) is 58.0 Å². The molecule has 3 N–H and O–H groups in total. The first-order valence-electron chi connectivity index (χ1n) is 19.9. The van der Waals surface area contributed by atoms with Gasteiger partial charge in [-0.15, -0.1) is 0 Å². The smallest absolute Gasteiger partial charge is 0.408 e. The number of alkyl halides is 1. The topological polar surface area (TPSA) is 185 Å². The number of sulfonamides is 1. The van der Waals surface area contributed by atoms with Gasteiger partial charge in [-0.3, -0.25) is 24.0 Å². The van der Waals surface area contributed by atoms with E-state index < -0.39 is 86.4 Å². The van der Waals surface area contributed by atoms with Gasteiger partial charge >= 0.3 is 6.09 Å². The van der Waals surface area contributed by atoms with Crippen molar-refractivity contribution in [2.75, 3.05) is 13.2 Å². The van der Waals surface area contributed by atoms with E-state index in [2.05, 4.69) is 15.0 Å². The van der Waals surface area contributed by atoms with E-state index in [0.717, 1.165) is 10.3 Å². The lowest BCUT2D eigenvalue weighted by atomic mass is 9.85. The zero-order valence-electron chi connectivity index (χ0n) is 33.8. The standard InChI is InChI=1S/C41H56FN5O9S/c1-24(2)55-32-19-27-13-9-11-15-30(27)35(43-32)56-29-20-31-34(48)44-41(37(50)45-57(53,54)40(23-42)16-17-40)21-28(41)14-10-8-12-25(3)18-26(4)33(36(49)46(31)22-29)47(38(51)52)39(5,6)7/h9-11,13-15,19,24-26,28-29,31,33H,8,12,16-18,20-23H2,1-7H3,(H,44,48)(H,45,50)(H,51,52)/b14-10-/t25-,26-,28-,29-,31+,33+,41-/m1/s1. The van der Waals surface area contributed by atoms with Crippen molar-refractivity contribution in [2.24, 2.45) is 17.8 Å². The molecule has 0 spiro atoms. The highest BCUT2D eigenvalue weighted by atomic mass is 32.2. The van der Waals surface area contributed by atoms with Gasteiger partial charge in [-0.25, -0.2) is 17.6 Å². The number of benzene rings is 1. The van der Waals surface area contributed by atoms with Crippen molar-refractivity contribution in [3.63, 3.8) is 0 Å². The number of nitrogens with zero attached hydrogens (tertiary/aromatic N) is 3. The second-order valence-electron chi connectivity index (χ2n) is 17.7. The summed E-state index contributed by atoms with van der Waals surface area (Å²) in [6.45, 7) is 11.5. The average molecular weight is 814 g/mol. The highest BCUT2D eigenvalue weighted by Gasteiger charge is 2.64. The quantitative estimate of drug-likeness (QED) is 0.279. The van der Waals surface area contributed by atoms with Crippen LogP contribution in [0.25, 0.3) is 10.8 Å². The molecule has 1 saturated heterocycles. The summed E-state index contributed by atoms with van der Waals surface area (Å²) in [7, 11) is -4.41. The summed E-state index contributed by atoms with van der Waals surface area (Å²) in [6.07, 6.45) is 3.40. The van der Waals surface area contributed by atoms with Gasteiger partial charge in [-0.1, -0.05) is 44.2 Å². The highest BCUT2D eigenvalue weighted by molar-refractivity contribution is 7.91. The summed E-state index contributed by atoms with van der Waals surface area (Å²) >= 11 is 0. The number of carbonyl (C=O) groups is 4. The number of nitrogens with one attached hydrogen (secondary N) is 2. The van der Waals surface area contributed by atoms with Gasteiger partial charge in [0.1, 0.15) is 35.1 Å². The summed E-state index contributed by atoms with van der Waals surface area (Å²) < 4.78 is 53.2. The van der Waals surface area contributed by atoms with Crippen LogP contribution in [0, 0.1) is 17.8 Å². The molecule has 3 fully saturated rings. The Hall–Kier alpha value is -4.47. The third-order valence-electron chi connectivity index (χ3n) is 11.7. The van der Waals surface area contributed by atoms with Gasteiger partial charge in [0, 0.05) is 29.3 Å². The molecule has 2 saturated carbocycles. The molecular formula is C41H56FN5O9S. The molecule has 3 heterocycles. The minimum atomic E-state index is -4.41. The molecule has 1 aromatic heterocycles. The van der Waals surface area contributed by atoms with Gasteiger partial charge in [0.15, 0.2) is 0 Å². The number of ether oxygens (including phenoxy) is 2. The van der Waals surface area contributed by atoms with Crippen LogP contribution in [0.2, 0.25) is 0 Å². The number of rotatable bonds is 9. The molecule has 16 heteroatoms. The van der Waals surface area contributed by atoms with E-state index in [1.165, 1.54) is 4.90 Å². The molecule has 1 aromatic carbocycles. The monoisotopic (exact) mass is 813 g/mol. The number of carbonyl (C=O) groups excluding carboxylic acids is 3. The van der Waals surface area contributed by atoms with Crippen molar-refractivity contribution in [3.05, 3.63) is 42.5 Å². The number of aromatic nitrogens is 1. The van der Waals surface area contributed by atoms with Crippen LogP contribution in [0.1, 0.15) is 93.4 Å². The number of pyridine rings is 1. The minimum Gasteiger partial charge on any atom is -0.475 e. The van der Waals surface area contributed by atoms with Crippen LogP contribution in [0.3, 0.4) is 0 Å². The van der Waals surface area contributed by atoms with Crippen LogP contribution in [0.4, 0.5) is 9.18 Å². The third-order valence-corrected chi connectivity index (χ3v) is 13.9. The van der Waals surface area contributed by atoms with Crippen LogP contribution in [-0.4, -0.2) is 105 Å². The lowest BCUT2D eigenvalue weighted by molar-refractivity contribution is -0.146. The molecule has 6 rings (SSSR count). The first kappa shape index (κ1) is 42.1. The zero-order valence-corrected chi connectivity index (χ0v) is 34.6. The fraction of sp³-hybridized carbons (Fsp3) is 0.634. The Morgan fingerprint density at radius 2 is 1.86 bits per heavy atom. The molecule has 4 aliphatic rings.